The summed E-state index contributed by atoms with van der Waals surface area (Å²) in [5.41, 5.74) is 1.09. The lowest BCUT2D eigenvalue weighted by molar-refractivity contribution is 0.246. The van der Waals surface area contributed by atoms with E-state index in [0.29, 0.717) is 6.61 Å². The van der Waals surface area contributed by atoms with E-state index in [1.807, 2.05) is 32.1 Å². The van der Waals surface area contributed by atoms with E-state index < -0.39 is 0 Å². The number of rotatable bonds is 5. The van der Waals surface area contributed by atoms with Gasteiger partial charge in [-0.15, -0.1) is 0 Å². The number of allylic oxidation sites excluding steroid dienone is 4. The summed E-state index contributed by atoms with van der Waals surface area (Å²) in [7, 11) is 0. The molecule has 0 aliphatic rings. The Morgan fingerprint density at radius 3 is 2.58 bits per heavy atom. The van der Waals surface area contributed by atoms with Gasteiger partial charge in [-0.05, 0) is 19.4 Å². The average molecular weight is 164 g/mol. The molecule has 0 atom stereocenters. The lowest BCUT2D eigenvalue weighted by atomic mass is 10.2. The van der Waals surface area contributed by atoms with Crippen molar-refractivity contribution >= 4 is 0 Å². The summed E-state index contributed by atoms with van der Waals surface area (Å²) in [6.45, 7) is 11.6. The van der Waals surface area contributed by atoms with Gasteiger partial charge in [-0.3, -0.25) is 0 Å². The lowest BCUT2D eigenvalue weighted by Crippen LogP contribution is -1.93. The molecular formula is C11H16O. The Labute approximate surface area is 74.7 Å². The van der Waals surface area contributed by atoms with Crippen LogP contribution in [0, 0.1) is 0 Å². The Kier molecular flexibility index (Phi) is 5.80. The van der Waals surface area contributed by atoms with Crippen LogP contribution in [0.4, 0.5) is 0 Å². The summed E-state index contributed by atoms with van der Waals surface area (Å²) in [6, 6.07) is 0. The second-order valence-electron chi connectivity index (χ2n) is 2.47. The topological polar surface area (TPSA) is 9.23 Å². The van der Waals surface area contributed by atoms with Crippen LogP contribution in [0.15, 0.2) is 48.8 Å². The summed E-state index contributed by atoms with van der Waals surface area (Å²) < 4.78 is 5.25. The highest BCUT2D eigenvalue weighted by Crippen LogP contribution is 2.01. The lowest BCUT2D eigenvalue weighted by Gasteiger charge is -2.04. The van der Waals surface area contributed by atoms with Crippen LogP contribution in [0.2, 0.25) is 0 Å². The molecule has 0 radical (unpaired) electrons. The number of hydrogen-bond acceptors (Lipinski definition) is 1. The smallest absolute Gasteiger partial charge is 0.113 e. The van der Waals surface area contributed by atoms with Gasteiger partial charge in [-0.1, -0.05) is 37.5 Å². The molecule has 0 aromatic rings. The van der Waals surface area contributed by atoms with Gasteiger partial charge in [0.05, 0.1) is 5.76 Å². The maximum Gasteiger partial charge on any atom is 0.113 e. The zero-order valence-corrected chi connectivity index (χ0v) is 7.84. The predicted octanol–water partition coefficient (Wildman–Crippen LogP) is 3.23. The van der Waals surface area contributed by atoms with Gasteiger partial charge in [0.15, 0.2) is 0 Å². The third-order valence-electron chi connectivity index (χ3n) is 1.20. The summed E-state index contributed by atoms with van der Waals surface area (Å²) in [5.74, 6) is 0.731. The van der Waals surface area contributed by atoms with E-state index in [4.69, 9.17) is 4.74 Å². The molecule has 0 heterocycles. The third-order valence-corrected chi connectivity index (χ3v) is 1.20. The van der Waals surface area contributed by atoms with Crippen molar-refractivity contribution in [3.63, 3.8) is 0 Å². The van der Waals surface area contributed by atoms with E-state index in [1.165, 1.54) is 0 Å². The molecule has 0 saturated carbocycles. The first-order valence-electron chi connectivity index (χ1n) is 3.93. The molecule has 0 aromatic heterocycles. The summed E-state index contributed by atoms with van der Waals surface area (Å²) in [5, 5.41) is 0. The molecule has 1 heteroatoms. The molecule has 0 unspecified atom stereocenters. The number of hydrogen-bond donors (Lipinski definition) is 0. The van der Waals surface area contributed by atoms with Gasteiger partial charge in [-0.25, -0.2) is 0 Å². The Bertz CT molecular complexity index is 209. The van der Waals surface area contributed by atoms with Crippen LogP contribution < -0.4 is 0 Å². The van der Waals surface area contributed by atoms with Gasteiger partial charge < -0.3 is 4.74 Å². The average Bonchev–Trinajstić information content (AvgIpc) is 2.01. The fourth-order valence-electron chi connectivity index (χ4n) is 0.724. The first-order chi connectivity index (χ1) is 5.70. The minimum Gasteiger partial charge on any atom is -0.494 e. The van der Waals surface area contributed by atoms with Crippen molar-refractivity contribution in [3.05, 3.63) is 48.8 Å². The summed E-state index contributed by atoms with van der Waals surface area (Å²) in [4.78, 5) is 0. The van der Waals surface area contributed by atoms with Crippen LogP contribution in [0.25, 0.3) is 0 Å². The Morgan fingerprint density at radius 2 is 2.17 bits per heavy atom. The van der Waals surface area contributed by atoms with E-state index in [2.05, 4.69) is 13.2 Å². The molecule has 0 rings (SSSR count). The molecule has 0 aromatic carbocycles. The minimum absolute atomic E-state index is 0.561. The maximum absolute atomic E-state index is 5.25. The van der Waals surface area contributed by atoms with Gasteiger partial charge in [0.1, 0.15) is 6.61 Å². The molecule has 0 aliphatic carbocycles. The highest BCUT2D eigenvalue weighted by molar-refractivity contribution is 5.23. The second-order valence-corrected chi connectivity index (χ2v) is 2.47. The molecule has 0 N–H and O–H groups in total. The van der Waals surface area contributed by atoms with Crippen molar-refractivity contribution in [1.82, 2.24) is 0 Å². The van der Waals surface area contributed by atoms with Crippen LogP contribution >= 0.6 is 0 Å². The third kappa shape index (κ3) is 5.54. The normalized spacial score (nSPS) is 11.7. The predicted molar refractivity (Wildman–Crippen MR) is 53.9 cm³/mol. The molecule has 66 valence electrons. The summed E-state index contributed by atoms with van der Waals surface area (Å²) >= 11 is 0. The van der Waals surface area contributed by atoms with Crippen molar-refractivity contribution < 1.29 is 4.74 Å². The standard InChI is InChI=1S/C11H16O/c1-5-7-11(8-6-2)9-12-10(3)4/h5-8H,1,3,9H2,2,4H3/b8-6-,11-7+. The van der Waals surface area contributed by atoms with Crippen LogP contribution in [0.1, 0.15) is 13.8 Å². The van der Waals surface area contributed by atoms with Crippen LogP contribution in [0.3, 0.4) is 0 Å². The first kappa shape index (κ1) is 10.8. The molecule has 1 nitrogen and oxygen atoms in total. The Hall–Kier alpha value is -1.24. The van der Waals surface area contributed by atoms with Gasteiger partial charge in [-0.2, -0.15) is 0 Å². The first-order valence-corrected chi connectivity index (χ1v) is 3.93. The van der Waals surface area contributed by atoms with Gasteiger partial charge >= 0.3 is 0 Å². The zero-order valence-electron chi connectivity index (χ0n) is 7.84. The van der Waals surface area contributed by atoms with Gasteiger partial charge in [0.25, 0.3) is 0 Å². The molecule has 0 fully saturated rings. The monoisotopic (exact) mass is 164 g/mol. The van der Waals surface area contributed by atoms with E-state index in [0.717, 1.165) is 11.3 Å². The van der Waals surface area contributed by atoms with Crippen LogP contribution in [0.5, 0.6) is 0 Å². The van der Waals surface area contributed by atoms with Crippen LogP contribution in [-0.4, -0.2) is 6.61 Å². The van der Waals surface area contributed by atoms with E-state index in [9.17, 15) is 0 Å². The van der Waals surface area contributed by atoms with Crippen molar-refractivity contribution in [2.24, 2.45) is 0 Å². The highest BCUT2D eigenvalue weighted by Gasteiger charge is 1.90. The molecule has 0 aliphatic heterocycles. The molecular weight excluding hydrogens is 148 g/mol. The summed E-state index contributed by atoms with van der Waals surface area (Å²) in [6.07, 6.45) is 7.63. The van der Waals surface area contributed by atoms with Crippen molar-refractivity contribution in [2.75, 3.05) is 6.61 Å². The Morgan fingerprint density at radius 1 is 1.50 bits per heavy atom. The molecule has 0 spiro atoms. The maximum atomic E-state index is 5.25. The van der Waals surface area contributed by atoms with E-state index in [-0.39, 0.29) is 0 Å². The minimum atomic E-state index is 0.561. The van der Waals surface area contributed by atoms with E-state index in [1.54, 1.807) is 6.08 Å². The quantitative estimate of drug-likeness (QED) is 0.448. The zero-order chi connectivity index (χ0) is 9.40. The number of ether oxygens (including phenoxy) is 1. The molecule has 0 saturated heterocycles. The van der Waals surface area contributed by atoms with E-state index >= 15 is 0 Å². The largest absolute Gasteiger partial charge is 0.494 e. The highest BCUT2D eigenvalue weighted by atomic mass is 16.5. The van der Waals surface area contributed by atoms with Crippen molar-refractivity contribution in [3.8, 4) is 0 Å². The second kappa shape index (κ2) is 6.47. The van der Waals surface area contributed by atoms with Crippen LogP contribution in [-0.2, 0) is 4.74 Å². The molecule has 12 heavy (non-hydrogen) atoms. The molecule has 0 amide bonds. The van der Waals surface area contributed by atoms with Crippen molar-refractivity contribution in [1.29, 1.82) is 0 Å². The van der Waals surface area contributed by atoms with Gasteiger partial charge in [0, 0.05) is 0 Å². The van der Waals surface area contributed by atoms with Crippen molar-refractivity contribution in [2.45, 2.75) is 13.8 Å². The Balaban J connectivity index is 4.05. The molecule has 0 bridgehead atoms. The SMILES string of the molecule is C=C/C=C(\C=C/C)COC(=C)C. The fraction of sp³-hybridized carbons (Fsp3) is 0.273. The van der Waals surface area contributed by atoms with Gasteiger partial charge in [0.2, 0.25) is 0 Å². The fourth-order valence-corrected chi connectivity index (χ4v) is 0.724.